The fourth-order valence-electron chi connectivity index (χ4n) is 3.04. The number of hydrogen-bond acceptors (Lipinski definition) is 1. The molecule has 0 aromatic carbocycles. The van der Waals surface area contributed by atoms with Crippen LogP contribution in [0.1, 0.15) is 64.8 Å². The third-order valence-corrected chi connectivity index (χ3v) is 3.63. The second-order valence-electron chi connectivity index (χ2n) is 7.17. The fraction of sp³-hybridized carbons (Fsp3) is 0.667. The summed E-state index contributed by atoms with van der Waals surface area (Å²) in [4.78, 5) is 4.78. The summed E-state index contributed by atoms with van der Waals surface area (Å²) in [6, 6.07) is 6.53. The molecule has 2 heterocycles. The van der Waals surface area contributed by atoms with E-state index in [9.17, 15) is 0 Å². The molecular formula is C15H23N. The Hall–Kier alpha value is -0.850. The molecule has 0 N–H and O–H groups in total. The zero-order chi connectivity index (χ0) is 12.1. The summed E-state index contributed by atoms with van der Waals surface area (Å²) >= 11 is 0. The SMILES string of the molecule is CC(C)(C)C1c2cccc(n2)C1C(C)(C)C. The average Bonchev–Trinajstić information content (AvgIpc) is 2.35. The Morgan fingerprint density at radius 3 is 1.50 bits per heavy atom. The van der Waals surface area contributed by atoms with Crippen LogP contribution in [-0.2, 0) is 0 Å². The number of rotatable bonds is 0. The van der Waals surface area contributed by atoms with Crippen molar-refractivity contribution >= 4 is 0 Å². The molecule has 1 nitrogen and oxygen atoms in total. The predicted octanol–water partition coefficient (Wildman–Crippen LogP) is 4.35. The smallest absolute Gasteiger partial charge is 0.0450 e. The monoisotopic (exact) mass is 217 g/mol. The molecule has 2 unspecified atom stereocenters. The van der Waals surface area contributed by atoms with Gasteiger partial charge < -0.3 is 0 Å². The molecule has 0 radical (unpaired) electrons. The van der Waals surface area contributed by atoms with Gasteiger partial charge in [-0.3, -0.25) is 4.98 Å². The third kappa shape index (κ3) is 1.77. The maximum absolute atomic E-state index is 4.78. The van der Waals surface area contributed by atoms with E-state index < -0.39 is 0 Å². The number of aromatic nitrogens is 1. The van der Waals surface area contributed by atoms with Crippen LogP contribution < -0.4 is 0 Å². The number of nitrogens with zero attached hydrogens (tertiary/aromatic N) is 1. The van der Waals surface area contributed by atoms with Crippen LogP contribution in [0.15, 0.2) is 18.2 Å². The molecule has 0 amide bonds. The van der Waals surface area contributed by atoms with Crippen LogP contribution in [0.3, 0.4) is 0 Å². The first kappa shape index (κ1) is 11.6. The lowest BCUT2D eigenvalue weighted by molar-refractivity contribution is 0.196. The van der Waals surface area contributed by atoms with Crippen molar-refractivity contribution in [1.29, 1.82) is 0 Å². The summed E-state index contributed by atoms with van der Waals surface area (Å²) in [7, 11) is 0. The standard InChI is InChI=1S/C15H23N/c1-14(2,3)12-10-8-7-9-11(16-10)13(12)15(4,5)6/h7-9,12-13H,1-6H3. The maximum Gasteiger partial charge on any atom is 0.0450 e. The van der Waals surface area contributed by atoms with Crippen molar-refractivity contribution < 1.29 is 0 Å². The van der Waals surface area contributed by atoms with Gasteiger partial charge in [-0.25, -0.2) is 0 Å². The maximum atomic E-state index is 4.78. The Morgan fingerprint density at radius 2 is 1.19 bits per heavy atom. The molecule has 16 heavy (non-hydrogen) atoms. The van der Waals surface area contributed by atoms with E-state index in [2.05, 4.69) is 59.7 Å². The van der Waals surface area contributed by atoms with Crippen molar-refractivity contribution in [2.24, 2.45) is 10.8 Å². The van der Waals surface area contributed by atoms with Gasteiger partial charge in [-0.2, -0.15) is 0 Å². The minimum atomic E-state index is 0.279. The Bertz CT molecular complexity index is 357. The van der Waals surface area contributed by atoms with E-state index in [1.807, 2.05) is 0 Å². The summed E-state index contributed by atoms with van der Waals surface area (Å²) in [6.07, 6.45) is 0. The summed E-state index contributed by atoms with van der Waals surface area (Å²) in [5, 5.41) is 0. The van der Waals surface area contributed by atoms with Crippen LogP contribution in [0.4, 0.5) is 0 Å². The van der Waals surface area contributed by atoms with Gasteiger partial charge in [0.25, 0.3) is 0 Å². The van der Waals surface area contributed by atoms with Crippen molar-refractivity contribution in [2.75, 3.05) is 0 Å². The fourth-order valence-corrected chi connectivity index (χ4v) is 3.04. The van der Waals surface area contributed by atoms with Gasteiger partial charge in [0.05, 0.1) is 0 Å². The van der Waals surface area contributed by atoms with Crippen LogP contribution in [0.2, 0.25) is 0 Å². The van der Waals surface area contributed by atoms with Gasteiger partial charge in [0.1, 0.15) is 0 Å². The molecule has 1 aliphatic heterocycles. The normalized spacial score (nSPS) is 24.9. The predicted molar refractivity (Wildman–Crippen MR) is 68.6 cm³/mol. The van der Waals surface area contributed by atoms with E-state index in [0.29, 0.717) is 11.8 Å². The topological polar surface area (TPSA) is 12.9 Å². The van der Waals surface area contributed by atoms with Crippen molar-refractivity contribution in [1.82, 2.24) is 4.98 Å². The third-order valence-electron chi connectivity index (χ3n) is 3.63. The molecule has 88 valence electrons. The minimum Gasteiger partial charge on any atom is -0.257 e. The molecule has 0 saturated heterocycles. The van der Waals surface area contributed by atoms with E-state index in [1.54, 1.807) is 0 Å². The molecule has 0 fully saturated rings. The first-order valence-electron chi connectivity index (χ1n) is 6.18. The molecule has 2 rings (SSSR count). The van der Waals surface area contributed by atoms with E-state index in [-0.39, 0.29) is 10.8 Å². The molecule has 1 heteroatoms. The summed E-state index contributed by atoms with van der Waals surface area (Å²) < 4.78 is 0. The number of fused-ring (bicyclic) bond motifs is 2. The van der Waals surface area contributed by atoms with E-state index in [0.717, 1.165) is 0 Å². The number of pyridine rings is 1. The van der Waals surface area contributed by atoms with Crippen molar-refractivity contribution in [2.45, 2.75) is 53.4 Å². The highest BCUT2D eigenvalue weighted by Crippen LogP contribution is 2.55. The highest BCUT2D eigenvalue weighted by atomic mass is 14.8. The zero-order valence-corrected chi connectivity index (χ0v) is 11.3. The van der Waals surface area contributed by atoms with Crippen LogP contribution in [0.25, 0.3) is 0 Å². The van der Waals surface area contributed by atoms with Gasteiger partial charge in [-0.05, 0) is 23.0 Å². The average molecular weight is 217 g/mol. The quantitative estimate of drug-likeness (QED) is 0.629. The highest BCUT2D eigenvalue weighted by Gasteiger charge is 2.45. The summed E-state index contributed by atoms with van der Waals surface area (Å²) in [5.74, 6) is 1.11. The van der Waals surface area contributed by atoms with Gasteiger partial charge >= 0.3 is 0 Å². The van der Waals surface area contributed by atoms with Gasteiger partial charge in [0.15, 0.2) is 0 Å². The van der Waals surface area contributed by atoms with E-state index in [4.69, 9.17) is 4.98 Å². The number of hydrogen-bond donors (Lipinski definition) is 0. The minimum absolute atomic E-state index is 0.279. The molecule has 0 aliphatic carbocycles. The summed E-state index contributed by atoms with van der Waals surface area (Å²) in [5.41, 5.74) is 3.12. The van der Waals surface area contributed by atoms with Crippen LogP contribution in [0.5, 0.6) is 0 Å². The molecule has 1 aromatic rings. The lowest BCUT2D eigenvalue weighted by Crippen LogP contribution is -2.29. The van der Waals surface area contributed by atoms with Gasteiger partial charge in [0.2, 0.25) is 0 Å². The molecule has 1 aromatic heterocycles. The Balaban J connectivity index is 2.51. The molecule has 0 saturated carbocycles. The molecule has 2 bridgehead atoms. The Kier molecular flexibility index (Phi) is 2.41. The first-order valence-corrected chi connectivity index (χ1v) is 6.18. The van der Waals surface area contributed by atoms with Crippen LogP contribution in [-0.4, -0.2) is 4.98 Å². The molecular weight excluding hydrogens is 194 g/mol. The largest absolute Gasteiger partial charge is 0.257 e. The van der Waals surface area contributed by atoms with Gasteiger partial charge in [0, 0.05) is 23.2 Å². The summed E-state index contributed by atoms with van der Waals surface area (Å²) in [6.45, 7) is 14.0. The highest BCUT2D eigenvalue weighted by molar-refractivity contribution is 5.32. The molecule has 2 atom stereocenters. The first-order chi connectivity index (χ1) is 7.21. The lowest BCUT2D eigenvalue weighted by Gasteiger charge is -2.39. The van der Waals surface area contributed by atoms with Crippen molar-refractivity contribution in [3.8, 4) is 0 Å². The van der Waals surface area contributed by atoms with Crippen LogP contribution in [0, 0.1) is 10.8 Å². The second-order valence-corrected chi connectivity index (χ2v) is 7.17. The van der Waals surface area contributed by atoms with Gasteiger partial charge in [-0.1, -0.05) is 47.6 Å². The lowest BCUT2D eigenvalue weighted by atomic mass is 9.64. The van der Waals surface area contributed by atoms with Crippen LogP contribution >= 0.6 is 0 Å². The Labute approximate surface area is 99.3 Å². The van der Waals surface area contributed by atoms with Gasteiger partial charge in [-0.15, -0.1) is 0 Å². The van der Waals surface area contributed by atoms with Crippen molar-refractivity contribution in [3.05, 3.63) is 29.6 Å². The molecule has 0 spiro atoms. The van der Waals surface area contributed by atoms with E-state index >= 15 is 0 Å². The van der Waals surface area contributed by atoms with E-state index in [1.165, 1.54) is 11.4 Å². The molecule has 1 aliphatic rings. The van der Waals surface area contributed by atoms with Crippen molar-refractivity contribution in [3.63, 3.8) is 0 Å². The Morgan fingerprint density at radius 1 is 0.812 bits per heavy atom. The second kappa shape index (κ2) is 3.32. The zero-order valence-electron chi connectivity index (χ0n) is 11.3.